The average molecular weight is 231 g/mol. The summed E-state index contributed by atoms with van der Waals surface area (Å²) >= 11 is 0. The van der Waals surface area contributed by atoms with Gasteiger partial charge in [0.05, 0.1) is 0 Å². The minimum Gasteiger partial charge on any atom is -0.303 e. The van der Waals surface area contributed by atoms with Gasteiger partial charge >= 0.3 is 0 Å². The van der Waals surface area contributed by atoms with E-state index in [1.54, 1.807) is 0 Å². The lowest BCUT2D eigenvalue weighted by Gasteiger charge is -2.30. The van der Waals surface area contributed by atoms with Crippen molar-refractivity contribution in [1.82, 2.24) is 4.90 Å². The van der Waals surface area contributed by atoms with Gasteiger partial charge in [0, 0.05) is 12.5 Å². The Morgan fingerprint density at radius 2 is 1.82 bits per heavy atom. The van der Waals surface area contributed by atoms with E-state index in [4.69, 9.17) is 0 Å². The van der Waals surface area contributed by atoms with Crippen LogP contribution in [0.3, 0.4) is 0 Å². The molecule has 0 bridgehead atoms. The first-order valence-electron chi connectivity index (χ1n) is 6.43. The Morgan fingerprint density at radius 3 is 2.35 bits per heavy atom. The number of rotatable bonds is 3. The molecule has 2 rings (SSSR count). The Balaban J connectivity index is 2.00. The molecule has 92 valence electrons. The van der Waals surface area contributed by atoms with Crippen LogP contribution in [0, 0.1) is 19.8 Å². The van der Waals surface area contributed by atoms with E-state index >= 15 is 0 Å². The Kier molecular flexibility index (Phi) is 3.95. The van der Waals surface area contributed by atoms with Gasteiger partial charge < -0.3 is 4.79 Å². The molecule has 2 heteroatoms. The van der Waals surface area contributed by atoms with Crippen LogP contribution in [0.4, 0.5) is 0 Å². The van der Waals surface area contributed by atoms with E-state index in [2.05, 4.69) is 36.9 Å². The maximum atomic E-state index is 10.7. The second-order valence-electron chi connectivity index (χ2n) is 5.12. The fraction of sp³-hybridized carbons (Fsp3) is 0.533. The van der Waals surface area contributed by atoms with E-state index in [1.165, 1.54) is 16.7 Å². The Hall–Kier alpha value is -1.15. The van der Waals surface area contributed by atoms with Crippen molar-refractivity contribution in [2.24, 2.45) is 5.92 Å². The average Bonchev–Trinajstić information content (AvgIpc) is 2.35. The van der Waals surface area contributed by atoms with E-state index < -0.39 is 0 Å². The lowest BCUT2D eigenvalue weighted by Crippen LogP contribution is -2.34. The summed E-state index contributed by atoms with van der Waals surface area (Å²) in [4.78, 5) is 13.2. The first kappa shape index (κ1) is 12.3. The Morgan fingerprint density at radius 1 is 1.24 bits per heavy atom. The molecule has 0 aromatic heterocycles. The number of piperidine rings is 1. The van der Waals surface area contributed by atoms with E-state index in [0.29, 0.717) is 5.92 Å². The summed E-state index contributed by atoms with van der Waals surface area (Å²) in [6.07, 6.45) is 3.17. The highest BCUT2D eigenvalue weighted by Crippen LogP contribution is 2.20. The number of aldehydes is 1. The summed E-state index contributed by atoms with van der Waals surface area (Å²) in [5.74, 6) is 0.296. The van der Waals surface area contributed by atoms with E-state index in [9.17, 15) is 4.79 Å². The standard InChI is InChI=1S/C15H21NO/c1-12-4-3-5-13(2)15(12)10-16-8-6-14(11-17)7-9-16/h3-5,11,14H,6-10H2,1-2H3. The maximum absolute atomic E-state index is 10.7. The molecule has 2 nitrogen and oxygen atoms in total. The molecule has 0 spiro atoms. The molecule has 0 N–H and O–H groups in total. The van der Waals surface area contributed by atoms with E-state index in [-0.39, 0.29) is 0 Å². The second-order valence-corrected chi connectivity index (χ2v) is 5.12. The molecule has 1 heterocycles. The number of benzene rings is 1. The van der Waals surface area contributed by atoms with Crippen LogP contribution in [-0.2, 0) is 11.3 Å². The van der Waals surface area contributed by atoms with Crippen LogP contribution in [0.5, 0.6) is 0 Å². The highest BCUT2D eigenvalue weighted by molar-refractivity contribution is 5.53. The molecule has 1 fully saturated rings. The summed E-state index contributed by atoms with van der Waals surface area (Å²) in [7, 11) is 0. The summed E-state index contributed by atoms with van der Waals surface area (Å²) in [5, 5.41) is 0. The summed E-state index contributed by atoms with van der Waals surface area (Å²) in [6.45, 7) is 7.50. The van der Waals surface area contributed by atoms with Gasteiger partial charge in [-0.25, -0.2) is 0 Å². The van der Waals surface area contributed by atoms with Crippen molar-refractivity contribution in [3.8, 4) is 0 Å². The van der Waals surface area contributed by atoms with Crippen LogP contribution < -0.4 is 0 Å². The minimum atomic E-state index is 0.296. The van der Waals surface area contributed by atoms with Crippen LogP contribution >= 0.6 is 0 Å². The molecule has 1 saturated heterocycles. The van der Waals surface area contributed by atoms with Gasteiger partial charge in [-0.05, 0) is 56.5 Å². The lowest BCUT2D eigenvalue weighted by atomic mass is 9.96. The maximum Gasteiger partial charge on any atom is 0.123 e. The predicted molar refractivity (Wildman–Crippen MR) is 70.0 cm³/mol. The third-order valence-electron chi connectivity index (χ3n) is 3.85. The molecular weight excluding hydrogens is 210 g/mol. The summed E-state index contributed by atoms with van der Waals surface area (Å²) < 4.78 is 0. The predicted octanol–water partition coefficient (Wildman–Crippen LogP) is 2.71. The molecule has 1 aliphatic heterocycles. The van der Waals surface area contributed by atoms with Crippen LogP contribution in [0.2, 0.25) is 0 Å². The smallest absolute Gasteiger partial charge is 0.123 e. The molecule has 1 aromatic carbocycles. The quantitative estimate of drug-likeness (QED) is 0.745. The molecule has 0 amide bonds. The fourth-order valence-electron chi connectivity index (χ4n) is 2.57. The zero-order valence-electron chi connectivity index (χ0n) is 10.8. The first-order chi connectivity index (χ1) is 8.20. The van der Waals surface area contributed by atoms with Crippen LogP contribution in [0.15, 0.2) is 18.2 Å². The van der Waals surface area contributed by atoms with Gasteiger partial charge in [-0.15, -0.1) is 0 Å². The van der Waals surface area contributed by atoms with E-state index in [1.807, 2.05) is 0 Å². The topological polar surface area (TPSA) is 20.3 Å². The number of carbonyl (C=O) groups excluding carboxylic acids is 1. The lowest BCUT2D eigenvalue weighted by molar-refractivity contribution is -0.112. The Bertz CT molecular complexity index is 372. The van der Waals surface area contributed by atoms with Crippen molar-refractivity contribution in [2.75, 3.05) is 13.1 Å². The zero-order chi connectivity index (χ0) is 12.3. The normalized spacial score (nSPS) is 18.2. The largest absolute Gasteiger partial charge is 0.303 e. The number of hydrogen-bond acceptors (Lipinski definition) is 2. The summed E-state index contributed by atoms with van der Waals surface area (Å²) in [5.41, 5.74) is 4.21. The number of nitrogens with zero attached hydrogens (tertiary/aromatic N) is 1. The van der Waals surface area contributed by atoms with Crippen molar-refractivity contribution in [2.45, 2.75) is 33.2 Å². The molecule has 1 aromatic rings. The van der Waals surface area contributed by atoms with Gasteiger partial charge in [0.15, 0.2) is 0 Å². The number of likely N-dealkylation sites (tertiary alicyclic amines) is 1. The van der Waals surface area contributed by atoms with Gasteiger partial charge in [-0.2, -0.15) is 0 Å². The Labute approximate surface area is 104 Å². The number of aryl methyl sites for hydroxylation is 2. The summed E-state index contributed by atoms with van der Waals surface area (Å²) in [6, 6.07) is 6.48. The zero-order valence-corrected chi connectivity index (χ0v) is 10.8. The van der Waals surface area contributed by atoms with Gasteiger partial charge in [-0.1, -0.05) is 18.2 Å². The van der Waals surface area contributed by atoms with Gasteiger partial charge in [0.2, 0.25) is 0 Å². The molecule has 17 heavy (non-hydrogen) atoms. The van der Waals surface area contributed by atoms with Crippen LogP contribution in [0.1, 0.15) is 29.5 Å². The van der Waals surface area contributed by atoms with Crippen molar-refractivity contribution in [3.05, 3.63) is 34.9 Å². The van der Waals surface area contributed by atoms with Crippen LogP contribution in [0.25, 0.3) is 0 Å². The van der Waals surface area contributed by atoms with Crippen LogP contribution in [-0.4, -0.2) is 24.3 Å². The number of hydrogen-bond donors (Lipinski definition) is 0. The molecule has 0 atom stereocenters. The van der Waals surface area contributed by atoms with Crippen molar-refractivity contribution >= 4 is 6.29 Å². The number of carbonyl (C=O) groups is 1. The monoisotopic (exact) mass is 231 g/mol. The van der Waals surface area contributed by atoms with E-state index in [0.717, 1.165) is 38.8 Å². The highest BCUT2D eigenvalue weighted by Gasteiger charge is 2.19. The highest BCUT2D eigenvalue weighted by atomic mass is 16.1. The third-order valence-corrected chi connectivity index (χ3v) is 3.85. The fourth-order valence-corrected chi connectivity index (χ4v) is 2.57. The van der Waals surface area contributed by atoms with Crippen molar-refractivity contribution in [3.63, 3.8) is 0 Å². The molecule has 0 radical (unpaired) electrons. The molecule has 0 saturated carbocycles. The van der Waals surface area contributed by atoms with Gasteiger partial charge in [0.1, 0.15) is 6.29 Å². The SMILES string of the molecule is Cc1cccc(C)c1CN1CCC(C=O)CC1. The molecule has 0 aliphatic carbocycles. The molecule has 0 unspecified atom stereocenters. The minimum absolute atomic E-state index is 0.296. The molecular formula is C15H21NO. The second kappa shape index (κ2) is 5.46. The van der Waals surface area contributed by atoms with Gasteiger partial charge in [0.25, 0.3) is 0 Å². The third kappa shape index (κ3) is 2.95. The molecule has 1 aliphatic rings. The van der Waals surface area contributed by atoms with Gasteiger partial charge in [-0.3, -0.25) is 4.90 Å². The van der Waals surface area contributed by atoms with Crippen molar-refractivity contribution < 1.29 is 4.79 Å². The first-order valence-corrected chi connectivity index (χ1v) is 6.43. The van der Waals surface area contributed by atoms with Crippen molar-refractivity contribution in [1.29, 1.82) is 0 Å².